The van der Waals surface area contributed by atoms with Gasteiger partial charge in [0.15, 0.2) is 0 Å². The van der Waals surface area contributed by atoms with Gasteiger partial charge in [-0.2, -0.15) is 0 Å². The van der Waals surface area contributed by atoms with E-state index in [1.807, 2.05) is 18.2 Å². The highest BCUT2D eigenvalue weighted by Gasteiger charge is 2.19. The van der Waals surface area contributed by atoms with Crippen molar-refractivity contribution in [2.75, 3.05) is 26.2 Å². The van der Waals surface area contributed by atoms with Crippen LogP contribution in [0.1, 0.15) is 29.0 Å². The minimum absolute atomic E-state index is 0.111. The first kappa shape index (κ1) is 17.3. The molecule has 5 nitrogen and oxygen atoms in total. The number of aromatic hydroxyl groups is 1. The Morgan fingerprint density at radius 3 is 3.08 bits per heavy atom. The van der Waals surface area contributed by atoms with Crippen LogP contribution in [0, 0.1) is 5.92 Å². The van der Waals surface area contributed by atoms with E-state index < -0.39 is 0 Å². The van der Waals surface area contributed by atoms with Gasteiger partial charge >= 0.3 is 0 Å². The highest BCUT2D eigenvalue weighted by atomic mass is 16.3. The maximum atomic E-state index is 12.2. The Hall–Kier alpha value is -2.53. The van der Waals surface area contributed by atoms with E-state index in [1.54, 1.807) is 24.5 Å². The van der Waals surface area contributed by atoms with Crippen LogP contribution in [0.3, 0.4) is 0 Å². The van der Waals surface area contributed by atoms with E-state index in [9.17, 15) is 9.90 Å². The summed E-state index contributed by atoms with van der Waals surface area (Å²) in [6, 6.07) is 10.3. The van der Waals surface area contributed by atoms with Crippen molar-refractivity contribution in [1.29, 1.82) is 0 Å². The SMILES string of the molecule is O=C(NC[C@H]1CCCN(C/C=C/c2ccco2)C1)c1cccc(O)c1. The number of hydrogen-bond acceptors (Lipinski definition) is 4. The Bertz CT molecular complexity index is 709. The van der Waals surface area contributed by atoms with Crippen molar-refractivity contribution in [3.8, 4) is 5.75 Å². The van der Waals surface area contributed by atoms with E-state index in [0.29, 0.717) is 18.0 Å². The van der Waals surface area contributed by atoms with E-state index in [1.165, 1.54) is 6.07 Å². The number of piperidine rings is 1. The third kappa shape index (κ3) is 5.22. The number of benzene rings is 1. The summed E-state index contributed by atoms with van der Waals surface area (Å²) in [5.41, 5.74) is 0.494. The average molecular weight is 340 g/mol. The zero-order valence-electron chi connectivity index (χ0n) is 14.2. The van der Waals surface area contributed by atoms with Crippen LogP contribution in [0.5, 0.6) is 5.75 Å². The quantitative estimate of drug-likeness (QED) is 0.848. The minimum atomic E-state index is -0.134. The fourth-order valence-electron chi connectivity index (χ4n) is 3.17. The Morgan fingerprint density at radius 1 is 1.36 bits per heavy atom. The predicted octanol–water partition coefficient (Wildman–Crippen LogP) is 3.14. The molecule has 1 saturated heterocycles. The molecular formula is C20H24N2O3. The number of carbonyl (C=O) groups excluding carboxylic acids is 1. The molecule has 5 heteroatoms. The smallest absolute Gasteiger partial charge is 0.251 e. The van der Waals surface area contributed by atoms with Gasteiger partial charge in [0, 0.05) is 25.2 Å². The number of hydrogen-bond donors (Lipinski definition) is 2. The van der Waals surface area contributed by atoms with Gasteiger partial charge in [0.25, 0.3) is 5.91 Å². The minimum Gasteiger partial charge on any atom is -0.508 e. The molecule has 0 bridgehead atoms. The largest absolute Gasteiger partial charge is 0.508 e. The number of likely N-dealkylation sites (tertiary alicyclic amines) is 1. The molecule has 0 radical (unpaired) electrons. The molecule has 1 fully saturated rings. The van der Waals surface area contributed by atoms with Gasteiger partial charge in [-0.25, -0.2) is 0 Å². The molecule has 1 aromatic heterocycles. The van der Waals surface area contributed by atoms with Gasteiger partial charge in [-0.1, -0.05) is 12.1 Å². The molecule has 1 aliphatic heterocycles. The molecule has 1 amide bonds. The number of nitrogens with one attached hydrogen (secondary N) is 1. The summed E-state index contributed by atoms with van der Waals surface area (Å²) in [4.78, 5) is 14.6. The van der Waals surface area contributed by atoms with E-state index in [4.69, 9.17) is 4.42 Å². The molecule has 25 heavy (non-hydrogen) atoms. The third-order valence-corrected chi connectivity index (χ3v) is 4.45. The summed E-state index contributed by atoms with van der Waals surface area (Å²) in [5, 5.41) is 12.4. The van der Waals surface area contributed by atoms with E-state index in [2.05, 4.69) is 16.3 Å². The number of rotatable bonds is 6. The van der Waals surface area contributed by atoms with Crippen molar-refractivity contribution in [1.82, 2.24) is 10.2 Å². The average Bonchev–Trinajstić information content (AvgIpc) is 3.13. The lowest BCUT2D eigenvalue weighted by molar-refractivity contribution is 0.0934. The molecule has 2 heterocycles. The second kappa shape index (κ2) is 8.53. The lowest BCUT2D eigenvalue weighted by atomic mass is 9.98. The summed E-state index contributed by atoms with van der Waals surface area (Å²) in [7, 11) is 0. The first-order chi connectivity index (χ1) is 12.2. The summed E-state index contributed by atoms with van der Waals surface area (Å²) in [5.74, 6) is 1.30. The number of carbonyl (C=O) groups is 1. The lowest BCUT2D eigenvalue weighted by Gasteiger charge is -2.32. The van der Waals surface area contributed by atoms with Gasteiger partial charge in [0.05, 0.1) is 6.26 Å². The van der Waals surface area contributed by atoms with Crippen LogP contribution in [-0.2, 0) is 0 Å². The Kier molecular flexibility index (Phi) is 5.90. The molecule has 132 valence electrons. The second-order valence-corrected chi connectivity index (χ2v) is 6.45. The number of furan rings is 1. The topological polar surface area (TPSA) is 65.7 Å². The first-order valence-corrected chi connectivity index (χ1v) is 8.70. The molecule has 3 rings (SSSR count). The summed E-state index contributed by atoms with van der Waals surface area (Å²) in [6.45, 7) is 3.60. The molecule has 1 atom stereocenters. The van der Waals surface area contributed by atoms with Gasteiger partial charge in [-0.05, 0) is 61.7 Å². The fraction of sp³-hybridized carbons (Fsp3) is 0.350. The van der Waals surface area contributed by atoms with Crippen molar-refractivity contribution >= 4 is 12.0 Å². The van der Waals surface area contributed by atoms with Crippen LogP contribution >= 0.6 is 0 Å². The monoisotopic (exact) mass is 340 g/mol. The summed E-state index contributed by atoms with van der Waals surface area (Å²) in [6.07, 6.45) is 8.05. The van der Waals surface area contributed by atoms with E-state index >= 15 is 0 Å². The fourth-order valence-corrected chi connectivity index (χ4v) is 3.17. The van der Waals surface area contributed by atoms with Crippen LogP contribution in [0.15, 0.2) is 53.2 Å². The normalized spacial score (nSPS) is 18.5. The van der Waals surface area contributed by atoms with Crippen LogP contribution in [-0.4, -0.2) is 42.1 Å². The standard InChI is InChI=1S/C20H24N2O3/c23-18-7-1-6-17(13-18)20(24)21-14-16-5-2-10-22(15-16)11-3-8-19-9-4-12-25-19/h1,3-4,6-9,12-13,16,23H,2,5,10-11,14-15H2,(H,21,24)/b8-3+/t16-/m1/s1. The molecule has 2 N–H and O–H groups in total. The zero-order valence-corrected chi connectivity index (χ0v) is 14.2. The maximum Gasteiger partial charge on any atom is 0.251 e. The molecule has 0 aliphatic carbocycles. The molecule has 0 spiro atoms. The second-order valence-electron chi connectivity index (χ2n) is 6.45. The van der Waals surface area contributed by atoms with Crippen molar-refractivity contribution in [3.63, 3.8) is 0 Å². The van der Waals surface area contributed by atoms with Gasteiger partial charge < -0.3 is 14.8 Å². The molecule has 1 aliphatic rings. The van der Waals surface area contributed by atoms with Crippen LogP contribution < -0.4 is 5.32 Å². The first-order valence-electron chi connectivity index (χ1n) is 8.70. The molecular weight excluding hydrogens is 316 g/mol. The molecule has 1 aromatic carbocycles. The van der Waals surface area contributed by atoms with E-state index in [-0.39, 0.29) is 11.7 Å². The highest BCUT2D eigenvalue weighted by molar-refractivity contribution is 5.94. The zero-order chi connectivity index (χ0) is 17.5. The predicted molar refractivity (Wildman–Crippen MR) is 97.3 cm³/mol. The van der Waals surface area contributed by atoms with Crippen molar-refractivity contribution in [3.05, 3.63) is 60.1 Å². The number of phenols is 1. The third-order valence-electron chi connectivity index (χ3n) is 4.45. The van der Waals surface area contributed by atoms with Gasteiger partial charge in [-0.3, -0.25) is 9.69 Å². The summed E-state index contributed by atoms with van der Waals surface area (Å²) >= 11 is 0. The molecule has 2 aromatic rings. The number of nitrogens with zero attached hydrogens (tertiary/aromatic N) is 1. The summed E-state index contributed by atoms with van der Waals surface area (Å²) < 4.78 is 5.29. The van der Waals surface area contributed by atoms with Gasteiger partial charge in [-0.15, -0.1) is 0 Å². The Morgan fingerprint density at radius 2 is 2.28 bits per heavy atom. The van der Waals surface area contributed by atoms with Crippen molar-refractivity contribution < 1.29 is 14.3 Å². The van der Waals surface area contributed by atoms with E-state index in [0.717, 1.165) is 38.2 Å². The Labute approximate surface area is 148 Å². The molecule has 0 unspecified atom stereocenters. The Balaban J connectivity index is 1.44. The highest BCUT2D eigenvalue weighted by Crippen LogP contribution is 2.16. The maximum absolute atomic E-state index is 12.2. The van der Waals surface area contributed by atoms with Gasteiger partial charge in [0.2, 0.25) is 0 Å². The van der Waals surface area contributed by atoms with Crippen LogP contribution in [0.25, 0.3) is 6.08 Å². The molecule has 0 saturated carbocycles. The number of phenolic OH excluding ortho intramolecular Hbond substituents is 1. The van der Waals surface area contributed by atoms with Gasteiger partial charge in [0.1, 0.15) is 11.5 Å². The van der Waals surface area contributed by atoms with Crippen LogP contribution in [0.2, 0.25) is 0 Å². The van der Waals surface area contributed by atoms with Crippen molar-refractivity contribution in [2.24, 2.45) is 5.92 Å². The van der Waals surface area contributed by atoms with Crippen molar-refractivity contribution in [2.45, 2.75) is 12.8 Å². The lowest BCUT2D eigenvalue weighted by Crippen LogP contribution is -2.40. The number of amides is 1. The van der Waals surface area contributed by atoms with Crippen LogP contribution in [0.4, 0.5) is 0 Å².